The number of benzene rings is 1. The number of nitrogens with one attached hydrogen (secondary N) is 1. The lowest BCUT2D eigenvalue weighted by Gasteiger charge is -2.35. The molecular weight excluding hydrogens is 264 g/mol. The molecule has 1 amide bonds. The minimum Gasteiger partial charge on any atom is -0.378 e. The maximum Gasteiger partial charge on any atom is 0.251 e. The molecule has 0 aromatic heterocycles. The fraction of sp³-hybridized carbons (Fsp3) is 0.471. The van der Waals surface area contributed by atoms with Gasteiger partial charge in [-0.3, -0.25) is 4.79 Å². The molecule has 0 atom stereocenters. The Hall–Kier alpha value is -1.83. The summed E-state index contributed by atoms with van der Waals surface area (Å²) in [6.07, 6.45) is 2.08. The van der Waals surface area contributed by atoms with Crippen molar-refractivity contribution >= 4 is 5.91 Å². The molecule has 3 N–H and O–H groups in total. The molecule has 0 bridgehead atoms. The van der Waals surface area contributed by atoms with Crippen LogP contribution in [-0.2, 0) is 4.74 Å². The van der Waals surface area contributed by atoms with Crippen LogP contribution in [0.3, 0.4) is 0 Å². The van der Waals surface area contributed by atoms with E-state index in [1.54, 1.807) is 0 Å². The zero-order valence-electron chi connectivity index (χ0n) is 12.6. The Morgan fingerprint density at radius 2 is 2.24 bits per heavy atom. The van der Waals surface area contributed by atoms with E-state index in [0.29, 0.717) is 18.2 Å². The first kappa shape index (κ1) is 15.6. The van der Waals surface area contributed by atoms with Crippen LogP contribution in [0.5, 0.6) is 0 Å². The zero-order valence-corrected chi connectivity index (χ0v) is 12.6. The fourth-order valence-electron chi connectivity index (χ4n) is 2.42. The second kappa shape index (κ2) is 7.26. The summed E-state index contributed by atoms with van der Waals surface area (Å²) < 4.78 is 5.50. The third-order valence-corrected chi connectivity index (χ3v) is 3.65. The lowest BCUT2D eigenvalue weighted by atomic mass is 9.89. The second-order valence-electron chi connectivity index (χ2n) is 5.25. The molecule has 4 heteroatoms. The highest BCUT2D eigenvalue weighted by molar-refractivity contribution is 5.96. The molecule has 0 unspecified atom stereocenters. The first-order chi connectivity index (χ1) is 10.1. The number of amides is 1. The maximum atomic E-state index is 12.3. The van der Waals surface area contributed by atoms with Gasteiger partial charge in [-0.05, 0) is 44.4 Å². The van der Waals surface area contributed by atoms with Crippen LogP contribution in [0, 0.1) is 18.8 Å². The molecule has 0 radical (unpaired) electrons. The van der Waals surface area contributed by atoms with E-state index in [0.717, 1.165) is 30.6 Å². The van der Waals surface area contributed by atoms with Crippen molar-refractivity contribution in [1.29, 1.82) is 0 Å². The van der Waals surface area contributed by atoms with Crippen LogP contribution in [0.2, 0.25) is 0 Å². The number of hydrogen-bond donors (Lipinski definition) is 2. The van der Waals surface area contributed by atoms with Crippen LogP contribution < -0.4 is 11.1 Å². The Bertz CT molecular complexity index is 566. The van der Waals surface area contributed by atoms with Gasteiger partial charge in [0.05, 0.1) is 12.6 Å². The Balaban J connectivity index is 1.99. The van der Waals surface area contributed by atoms with Crippen molar-refractivity contribution in [2.24, 2.45) is 5.73 Å². The highest BCUT2D eigenvalue weighted by Crippen LogP contribution is 2.24. The summed E-state index contributed by atoms with van der Waals surface area (Å²) in [7, 11) is 0. The van der Waals surface area contributed by atoms with Crippen LogP contribution in [0.1, 0.15) is 41.3 Å². The molecule has 1 aromatic rings. The van der Waals surface area contributed by atoms with E-state index >= 15 is 0 Å². The molecule has 112 valence electrons. The van der Waals surface area contributed by atoms with Gasteiger partial charge in [-0.1, -0.05) is 17.9 Å². The van der Waals surface area contributed by atoms with E-state index in [1.165, 1.54) is 0 Å². The quantitative estimate of drug-likeness (QED) is 0.826. The van der Waals surface area contributed by atoms with Crippen molar-refractivity contribution in [3.63, 3.8) is 0 Å². The molecule has 0 aliphatic heterocycles. The molecular formula is C17H22N2O2. The van der Waals surface area contributed by atoms with Crippen molar-refractivity contribution < 1.29 is 9.53 Å². The van der Waals surface area contributed by atoms with E-state index in [1.807, 2.05) is 32.0 Å². The minimum absolute atomic E-state index is 0.0381. The smallest absolute Gasteiger partial charge is 0.251 e. The lowest BCUT2D eigenvalue weighted by molar-refractivity contribution is -0.00863. The molecule has 0 heterocycles. The molecule has 1 aliphatic rings. The molecule has 2 rings (SSSR count). The first-order valence-corrected chi connectivity index (χ1v) is 7.36. The lowest BCUT2D eigenvalue weighted by Crippen LogP contribution is -2.47. The molecule has 0 spiro atoms. The Morgan fingerprint density at radius 3 is 2.90 bits per heavy atom. The summed E-state index contributed by atoms with van der Waals surface area (Å²) in [5.41, 5.74) is 7.81. The molecule has 1 fully saturated rings. The normalized spacial score (nSPS) is 20.1. The van der Waals surface area contributed by atoms with Gasteiger partial charge in [-0.25, -0.2) is 0 Å². The highest BCUT2D eigenvalue weighted by atomic mass is 16.5. The SMILES string of the molecule is CCOC1CC(NC(=O)c2cc(C#CCN)ccc2C)C1. The Labute approximate surface area is 126 Å². The van der Waals surface area contributed by atoms with Gasteiger partial charge in [0.15, 0.2) is 0 Å². The Morgan fingerprint density at radius 1 is 1.48 bits per heavy atom. The van der Waals surface area contributed by atoms with Crippen molar-refractivity contribution in [1.82, 2.24) is 5.32 Å². The number of hydrogen-bond acceptors (Lipinski definition) is 3. The van der Waals surface area contributed by atoms with Gasteiger partial charge in [0.1, 0.15) is 0 Å². The highest BCUT2D eigenvalue weighted by Gasteiger charge is 2.31. The van der Waals surface area contributed by atoms with Crippen molar-refractivity contribution in [2.45, 2.75) is 38.8 Å². The predicted octanol–water partition coefficient (Wildman–Crippen LogP) is 1.60. The van der Waals surface area contributed by atoms with Gasteiger partial charge in [0.25, 0.3) is 5.91 Å². The zero-order chi connectivity index (χ0) is 15.2. The first-order valence-electron chi connectivity index (χ1n) is 7.36. The molecule has 1 aromatic carbocycles. The third kappa shape index (κ3) is 4.07. The predicted molar refractivity (Wildman–Crippen MR) is 83.0 cm³/mol. The van der Waals surface area contributed by atoms with E-state index in [9.17, 15) is 4.79 Å². The van der Waals surface area contributed by atoms with Gasteiger partial charge in [0.2, 0.25) is 0 Å². The summed E-state index contributed by atoms with van der Waals surface area (Å²) in [4.78, 5) is 12.3. The van der Waals surface area contributed by atoms with Crippen molar-refractivity contribution in [3.05, 3.63) is 34.9 Å². The molecule has 0 saturated heterocycles. The summed E-state index contributed by atoms with van der Waals surface area (Å²) in [6.45, 7) is 4.96. The standard InChI is InChI=1S/C17H22N2O2/c1-3-21-15-10-14(11-15)19-17(20)16-9-13(5-4-8-18)7-6-12(16)2/h6-7,9,14-15H,3,8,10-11,18H2,1-2H3,(H,19,20). The number of nitrogens with two attached hydrogens (primary N) is 1. The van der Waals surface area contributed by atoms with Crippen LogP contribution in [-0.4, -0.2) is 31.2 Å². The summed E-state index contributed by atoms with van der Waals surface area (Å²) >= 11 is 0. The van der Waals surface area contributed by atoms with E-state index in [-0.39, 0.29) is 11.9 Å². The number of carbonyl (C=O) groups excluding carboxylic acids is 1. The summed E-state index contributed by atoms with van der Waals surface area (Å²) in [5.74, 6) is 5.72. The van der Waals surface area contributed by atoms with Gasteiger partial charge >= 0.3 is 0 Å². The number of ether oxygens (including phenoxy) is 1. The topological polar surface area (TPSA) is 64.3 Å². The summed E-state index contributed by atoms with van der Waals surface area (Å²) in [5, 5.41) is 3.05. The van der Waals surface area contributed by atoms with Crippen molar-refractivity contribution in [2.75, 3.05) is 13.2 Å². The average Bonchev–Trinajstić information content (AvgIpc) is 2.44. The van der Waals surface area contributed by atoms with Crippen LogP contribution in [0.25, 0.3) is 0 Å². The number of aryl methyl sites for hydroxylation is 1. The molecule has 4 nitrogen and oxygen atoms in total. The van der Waals surface area contributed by atoms with Gasteiger partial charge in [-0.2, -0.15) is 0 Å². The summed E-state index contributed by atoms with van der Waals surface area (Å²) in [6, 6.07) is 5.86. The molecule has 1 saturated carbocycles. The van der Waals surface area contributed by atoms with Crippen molar-refractivity contribution in [3.8, 4) is 11.8 Å². The van der Waals surface area contributed by atoms with Gasteiger partial charge in [-0.15, -0.1) is 0 Å². The van der Waals surface area contributed by atoms with Gasteiger partial charge < -0.3 is 15.8 Å². The van der Waals surface area contributed by atoms with Gasteiger partial charge in [0, 0.05) is 23.8 Å². The van der Waals surface area contributed by atoms with Crippen LogP contribution in [0.15, 0.2) is 18.2 Å². The maximum absolute atomic E-state index is 12.3. The van der Waals surface area contributed by atoms with Crippen LogP contribution >= 0.6 is 0 Å². The third-order valence-electron chi connectivity index (χ3n) is 3.65. The fourth-order valence-corrected chi connectivity index (χ4v) is 2.42. The molecule has 1 aliphatic carbocycles. The minimum atomic E-state index is -0.0381. The second-order valence-corrected chi connectivity index (χ2v) is 5.25. The average molecular weight is 286 g/mol. The molecule has 21 heavy (non-hydrogen) atoms. The van der Waals surface area contributed by atoms with E-state index in [2.05, 4.69) is 17.2 Å². The number of rotatable bonds is 4. The monoisotopic (exact) mass is 286 g/mol. The Kier molecular flexibility index (Phi) is 5.38. The number of carbonyl (C=O) groups is 1. The van der Waals surface area contributed by atoms with E-state index in [4.69, 9.17) is 10.5 Å². The van der Waals surface area contributed by atoms with E-state index < -0.39 is 0 Å². The largest absolute Gasteiger partial charge is 0.378 e. The van der Waals surface area contributed by atoms with Crippen LogP contribution in [0.4, 0.5) is 0 Å².